The van der Waals surface area contributed by atoms with Crippen LogP contribution in [0.1, 0.15) is 329 Å². The van der Waals surface area contributed by atoms with Crippen LogP contribution in [0.3, 0.4) is 0 Å². The van der Waals surface area contributed by atoms with Crippen LogP contribution in [0.15, 0.2) is 72.9 Å². The van der Waals surface area contributed by atoms with Gasteiger partial charge in [0.25, 0.3) is 0 Å². The molecule has 0 aliphatic carbocycles. The first kappa shape index (κ1) is 71.8. The smallest absolute Gasteiger partial charge is 0.306 e. The van der Waals surface area contributed by atoms with E-state index in [1.807, 2.05) is 0 Å². The molecule has 75 heavy (non-hydrogen) atoms. The molecule has 0 saturated carbocycles. The predicted octanol–water partition coefficient (Wildman–Crippen LogP) is 22.1. The van der Waals surface area contributed by atoms with Gasteiger partial charge in [-0.1, -0.05) is 273 Å². The monoisotopic (exact) mass is 1050 g/mol. The highest BCUT2D eigenvalue weighted by atomic mass is 16.6. The molecule has 434 valence electrons. The molecule has 0 amide bonds. The molecule has 0 radical (unpaired) electrons. The normalized spacial score (nSPS) is 12.5. The topological polar surface area (TPSA) is 78.9 Å². The molecular formula is C69H122O6. The molecule has 1 atom stereocenters. The third kappa shape index (κ3) is 61.6. The van der Waals surface area contributed by atoms with Gasteiger partial charge in [0.2, 0.25) is 0 Å². The summed E-state index contributed by atoms with van der Waals surface area (Å²) in [5.41, 5.74) is 0. The summed E-state index contributed by atoms with van der Waals surface area (Å²) in [7, 11) is 0. The number of rotatable bonds is 59. The van der Waals surface area contributed by atoms with E-state index in [1.54, 1.807) is 0 Å². The van der Waals surface area contributed by atoms with Gasteiger partial charge in [-0.2, -0.15) is 0 Å². The number of ether oxygens (including phenoxy) is 3. The van der Waals surface area contributed by atoms with Gasteiger partial charge in [0.1, 0.15) is 13.2 Å². The van der Waals surface area contributed by atoms with E-state index in [0.29, 0.717) is 19.3 Å². The lowest BCUT2D eigenvalue weighted by Gasteiger charge is -2.18. The first-order valence-electron chi connectivity index (χ1n) is 32.4. The fraction of sp³-hybridized carbons (Fsp3) is 0.783. The Bertz CT molecular complexity index is 1390. The van der Waals surface area contributed by atoms with Gasteiger partial charge in [0.15, 0.2) is 6.10 Å². The lowest BCUT2D eigenvalue weighted by Crippen LogP contribution is -2.30. The highest BCUT2D eigenvalue weighted by Crippen LogP contribution is 2.16. The second-order valence-electron chi connectivity index (χ2n) is 21.7. The van der Waals surface area contributed by atoms with Gasteiger partial charge in [-0.3, -0.25) is 14.4 Å². The van der Waals surface area contributed by atoms with Crippen LogP contribution in [0.25, 0.3) is 0 Å². The van der Waals surface area contributed by atoms with Crippen molar-refractivity contribution in [3.63, 3.8) is 0 Å². The number of hydrogen-bond donors (Lipinski definition) is 0. The molecule has 0 bridgehead atoms. The molecule has 6 nitrogen and oxygen atoms in total. The molecule has 0 aromatic rings. The van der Waals surface area contributed by atoms with Crippen molar-refractivity contribution >= 4 is 17.9 Å². The van der Waals surface area contributed by atoms with Crippen LogP contribution in [0.4, 0.5) is 0 Å². The summed E-state index contributed by atoms with van der Waals surface area (Å²) in [5, 5.41) is 0. The lowest BCUT2D eigenvalue weighted by atomic mass is 10.0. The van der Waals surface area contributed by atoms with Gasteiger partial charge in [0, 0.05) is 19.3 Å². The van der Waals surface area contributed by atoms with E-state index < -0.39 is 6.10 Å². The molecule has 0 aliphatic rings. The number of carbonyl (C=O) groups excluding carboxylic acids is 3. The van der Waals surface area contributed by atoms with Crippen molar-refractivity contribution in [2.75, 3.05) is 13.2 Å². The van der Waals surface area contributed by atoms with Gasteiger partial charge in [-0.25, -0.2) is 0 Å². The zero-order valence-electron chi connectivity index (χ0n) is 49.8. The van der Waals surface area contributed by atoms with Crippen LogP contribution in [0, 0.1) is 0 Å². The maximum absolute atomic E-state index is 12.9. The van der Waals surface area contributed by atoms with E-state index in [0.717, 1.165) is 83.5 Å². The third-order valence-corrected chi connectivity index (χ3v) is 14.2. The van der Waals surface area contributed by atoms with E-state index in [-0.39, 0.29) is 31.1 Å². The van der Waals surface area contributed by atoms with Crippen LogP contribution in [0.2, 0.25) is 0 Å². The van der Waals surface area contributed by atoms with Crippen LogP contribution < -0.4 is 0 Å². The van der Waals surface area contributed by atoms with Crippen molar-refractivity contribution in [3.8, 4) is 0 Å². The molecule has 0 aromatic carbocycles. The minimum Gasteiger partial charge on any atom is -0.462 e. The van der Waals surface area contributed by atoms with Gasteiger partial charge >= 0.3 is 17.9 Å². The van der Waals surface area contributed by atoms with Crippen molar-refractivity contribution in [1.29, 1.82) is 0 Å². The van der Waals surface area contributed by atoms with E-state index in [4.69, 9.17) is 14.2 Å². The average molecular weight is 1050 g/mol. The van der Waals surface area contributed by atoms with Gasteiger partial charge in [-0.05, 0) is 109 Å². The SMILES string of the molecule is CCCC/C=C\CCCCCCCC(=O)OCC(COC(=O)CCCCCCCCCCCCCC/C=C\C/C=C\C/C=C\CCCCCCC)OC(=O)CCCCCCCCCCC/C=C\C/C=C\CCCCC. The molecule has 0 rings (SSSR count). The standard InChI is InChI=1S/C69H122O6/c1-4-7-10-13-16-19-22-24-26-28-30-31-32-33-34-35-36-37-39-40-42-44-47-50-53-56-59-62-68(71)74-65-66(64-73-67(70)61-58-55-52-49-46-21-18-15-12-9-6-3)75-69(72)63-60-57-54-51-48-45-43-41-38-29-27-25-23-20-17-14-11-8-5-2/h15,17-18,20,22,24-25,27-28,30,32-33,66H,4-14,16,19,21,23,26,29,31,34-65H2,1-3H3/b18-15-,20-17-,24-22-,27-25-,30-28-,33-32-. The molecule has 0 N–H and O–H groups in total. The zero-order valence-corrected chi connectivity index (χ0v) is 49.8. The maximum Gasteiger partial charge on any atom is 0.306 e. The first-order chi connectivity index (χ1) is 37.0. The molecule has 1 unspecified atom stereocenters. The summed E-state index contributed by atoms with van der Waals surface area (Å²) in [6.07, 6.45) is 82.0. The summed E-state index contributed by atoms with van der Waals surface area (Å²) < 4.78 is 16.9. The Hall–Kier alpha value is -3.15. The minimum absolute atomic E-state index is 0.0791. The number of unbranched alkanes of at least 4 members (excludes halogenated alkanes) is 36. The fourth-order valence-corrected chi connectivity index (χ4v) is 9.23. The summed E-state index contributed by atoms with van der Waals surface area (Å²) in [4.78, 5) is 38.2. The molecule has 0 aliphatic heterocycles. The van der Waals surface area contributed by atoms with Crippen LogP contribution in [0.5, 0.6) is 0 Å². The average Bonchev–Trinajstić information content (AvgIpc) is 3.41. The number of allylic oxidation sites excluding steroid dienone is 12. The van der Waals surface area contributed by atoms with Gasteiger partial charge < -0.3 is 14.2 Å². The van der Waals surface area contributed by atoms with Crippen molar-refractivity contribution in [2.24, 2.45) is 0 Å². The quantitative estimate of drug-likeness (QED) is 0.0261. The molecule has 6 heteroatoms. The minimum atomic E-state index is -0.782. The summed E-state index contributed by atoms with van der Waals surface area (Å²) >= 11 is 0. The number of carbonyl (C=O) groups is 3. The zero-order chi connectivity index (χ0) is 54.3. The van der Waals surface area contributed by atoms with E-state index >= 15 is 0 Å². The van der Waals surface area contributed by atoms with Crippen LogP contribution >= 0.6 is 0 Å². The Balaban J connectivity index is 4.24. The van der Waals surface area contributed by atoms with Crippen molar-refractivity contribution < 1.29 is 28.6 Å². The largest absolute Gasteiger partial charge is 0.462 e. The molecule has 0 aromatic heterocycles. The Morgan fingerprint density at radius 1 is 0.267 bits per heavy atom. The Labute approximate surface area is 465 Å². The van der Waals surface area contributed by atoms with Crippen LogP contribution in [-0.2, 0) is 28.6 Å². The van der Waals surface area contributed by atoms with Gasteiger partial charge in [-0.15, -0.1) is 0 Å². The fourth-order valence-electron chi connectivity index (χ4n) is 9.23. The summed E-state index contributed by atoms with van der Waals surface area (Å²) in [6, 6.07) is 0. The first-order valence-corrected chi connectivity index (χ1v) is 32.4. The van der Waals surface area contributed by atoms with E-state index in [9.17, 15) is 14.4 Å². The van der Waals surface area contributed by atoms with Crippen molar-refractivity contribution in [1.82, 2.24) is 0 Å². The lowest BCUT2D eigenvalue weighted by molar-refractivity contribution is -0.167. The number of hydrogen-bond acceptors (Lipinski definition) is 6. The van der Waals surface area contributed by atoms with Gasteiger partial charge in [0.05, 0.1) is 0 Å². The number of esters is 3. The maximum atomic E-state index is 12.9. The summed E-state index contributed by atoms with van der Waals surface area (Å²) in [6.45, 7) is 6.59. The Morgan fingerprint density at radius 3 is 0.827 bits per heavy atom. The molecule has 0 saturated heterocycles. The van der Waals surface area contributed by atoms with E-state index in [2.05, 4.69) is 93.7 Å². The molecule has 0 fully saturated rings. The highest BCUT2D eigenvalue weighted by molar-refractivity contribution is 5.71. The highest BCUT2D eigenvalue weighted by Gasteiger charge is 2.19. The van der Waals surface area contributed by atoms with Crippen molar-refractivity contribution in [2.45, 2.75) is 335 Å². The second-order valence-corrected chi connectivity index (χ2v) is 21.7. The third-order valence-electron chi connectivity index (χ3n) is 14.2. The molecule has 0 heterocycles. The van der Waals surface area contributed by atoms with E-state index in [1.165, 1.54) is 205 Å². The Morgan fingerprint density at radius 2 is 0.493 bits per heavy atom. The second kappa shape index (κ2) is 63.4. The summed E-state index contributed by atoms with van der Waals surface area (Å²) in [5.74, 6) is -0.882. The molecular weight excluding hydrogens is 925 g/mol. The van der Waals surface area contributed by atoms with Crippen molar-refractivity contribution in [3.05, 3.63) is 72.9 Å². The Kier molecular flexibility index (Phi) is 60.7. The van der Waals surface area contributed by atoms with Crippen LogP contribution in [-0.4, -0.2) is 37.2 Å². The molecule has 0 spiro atoms. The predicted molar refractivity (Wildman–Crippen MR) is 325 cm³/mol.